The standard InChI is InChI=1S/C12H24N2O2S/c13-12-7-4-8-14(9-12)17(15,16)10-11-5-2-1-3-6-11/h11-12H,1-10,13H2/t12-/m1/s1. The Morgan fingerprint density at radius 1 is 1.06 bits per heavy atom. The molecule has 1 saturated heterocycles. The van der Waals surface area contributed by atoms with Gasteiger partial charge in [0.15, 0.2) is 0 Å². The first-order valence-electron chi connectivity index (χ1n) is 6.81. The van der Waals surface area contributed by atoms with E-state index in [4.69, 9.17) is 5.73 Å². The van der Waals surface area contributed by atoms with Crippen LogP contribution in [-0.2, 0) is 10.0 Å². The molecule has 0 aromatic heterocycles. The van der Waals surface area contributed by atoms with Crippen LogP contribution in [0.2, 0.25) is 0 Å². The van der Waals surface area contributed by atoms with Crippen LogP contribution in [0.25, 0.3) is 0 Å². The van der Waals surface area contributed by atoms with Crippen LogP contribution in [0.1, 0.15) is 44.9 Å². The summed E-state index contributed by atoms with van der Waals surface area (Å²) in [5.74, 6) is 0.728. The third-order valence-electron chi connectivity index (χ3n) is 3.99. The molecule has 4 nitrogen and oxygen atoms in total. The van der Waals surface area contributed by atoms with Crippen LogP contribution in [0, 0.1) is 5.92 Å². The zero-order valence-corrected chi connectivity index (χ0v) is 11.3. The second kappa shape index (κ2) is 5.67. The molecule has 1 saturated carbocycles. The maximum Gasteiger partial charge on any atom is 0.214 e. The molecule has 1 aliphatic carbocycles. The van der Waals surface area contributed by atoms with Crippen molar-refractivity contribution < 1.29 is 8.42 Å². The zero-order valence-electron chi connectivity index (χ0n) is 10.5. The Hall–Kier alpha value is -0.130. The molecule has 0 aromatic rings. The van der Waals surface area contributed by atoms with Gasteiger partial charge in [-0.05, 0) is 31.6 Å². The first-order valence-corrected chi connectivity index (χ1v) is 8.42. The van der Waals surface area contributed by atoms with Gasteiger partial charge in [0, 0.05) is 19.1 Å². The van der Waals surface area contributed by atoms with E-state index < -0.39 is 10.0 Å². The maximum atomic E-state index is 12.3. The molecule has 2 aliphatic rings. The molecule has 2 N–H and O–H groups in total. The molecule has 0 bridgehead atoms. The van der Waals surface area contributed by atoms with E-state index in [-0.39, 0.29) is 6.04 Å². The summed E-state index contributed by atoms with van der Waals surface area (Å²) >= 11 is 0. The Morgan fingerprint density at radius 3 is 2.41 bits per heavy atom. The Labute approximate surface area is 105 Å². The minimum atomic E-state index is -3.06. The van der Waals surface area contributed by atoms with Crippen LogP contribution in [0.4, 0.5) is 0 Å². The predicted molar refractivity (Wildman–Crippen MR) is 69.1 cm³/mol. The highest BCUT2D eigenvalue weighted by molar-refractivity contribution is 7.89. The summed E-state index contributed by atoms with van der Waals surface area (Å²) in [4.78, 5) is 0. The molecule has 1 aliphatic heterocycles. The Balaban J connectivity index is 1.92. The third-order valence-corrected chi connectivity index (χ3v) is 6.00. The largest absolute Gasteiger partial charge is 0.327 e. The fraction of sp³-hybridized carbons (Fsp3) is 1.00. The summed E-state index contributed by atoms with van der Waals surface area (Å²) in [6, 6.07) is 0.0323. The lowest BCUT2D eigenvalue weighted by Gasteiger charge is -2.32. The summed E-state index contributed by atoms with van der Waals surface area (Å²) in [7, 11) is -3.06. The third kappa shape index (κ3) is 3.66. The topological polar surface area (TPSA) is 63.4 Å². The molecule has 2 fully saturated rings. The first kappa shape index (κ1) is 13.3. The normalized spacial score (nSPS) is 29.4. The summed E-state index contributed by atoms with van der Waals surface area (Å²) in [5.41, 5.74) is 5.85. The van der Waals surface area contributed by atoms with E-state index in [1.807, 2.05) is 0 Å². The lowest BCUT2D eigenvalue weighted by atomic mass is 9.91. The van der Waals surface area contributed by atoms with E-state index in [9.17, 15) is 8.42 Å². The number of hydrogen-bond acceptors (Lipinski definition) is 3. The van der Waals surface area contributed by atoms with E-state index in [0.717, 1.165) is 25.7 Å². The van der Waals surface area contributed by atoms with Gasteiger partial charge in [-0.1, -0.05) is 19.3 Å². The van der Waals surface area contributed by atoms with Gasteiger partial charge < -0.3 is 5.73 Å². The quantitative estimate of drug-likeness (QED) is 0.832. The molecular weight excluding hydrogens is 236 g/mol. The zero-order chi connectivity index (χ0) is 12.3. The van der Waals surface area contributed by atoms with Crippen molar-refractivity contribution in [1.82, 2.24) is 4.31 Å². The van der Waals surface area contributed by atoms with Gasteiger partial charge in [-0.2, -0.15) is 0 Å². The van der Waals surface area contributed by atoms with E-state index in [2.05, 4.69) is 0 Å². The number of rotatable bonds is 3. The van der Waals surface area contributed by atoms with Crippen LogP contribution in [0.5, 0.6) is 0 Å². The van der Waals surface area contributed by atoms with Gasteiger partial charge in [0.05, 0.1) is 5.75 Å². The number of nitrogens with zero attached hydrogens (tertiary/aromatic N) is 1. The minimum absolute atomic E-state index is 0.0323. The fourth-order valence-corrected chi connectivity index (χ4v) is 4.95. The van der Waals surface area contributed by atoms with Crippen LogP contribution in [0.3, 0.4) is 0 Å². The van der Waals surface area contributed by atoms with Gasteiger partial charge in [-0.25, -0.2) is 12.7 Å². The summed E-state index contributed by atoms with van der Waals surface area (Å²) in [6.45, 7) is 1.19. The highest BCUT2D eigenvalue weighted by atomic mass is 32.2. The van der Waals surface area contributed by atoms with Crippen LogP contribution < -0.4 is 5.73 Å². The Morgan fingerprint density at radius 2 is 1.76 bits per heavy atom. The molecule has 1 atom stereocenters. The summed E-state index contributed by atoms with van der Waals surface area (Å²) < 4.78 is 26.2. The van der Waals surface area contributed by atoms with Crippen LogP contribution in [-0.4, -0.2) is 37.6 Å². The van der Waals surface area contributed by atoms with Gasteiger partial charge in [0.2, 0.25) is 10.0 Å². The average molecular weight is 260 g/mol. The molecule has 5 heteroatoms. The molecule has 17 heavy (non-hydrogen) atoms. The van der Waals surface area contributed by atoms with Gasteiger partial charge in [0.25, 0.3) is 0 Å². The van der Waals surface area contributed by atoms with Crippen molar-refractivity contribution in [2.75, 3.05) is 18.8 Å². The fourth-order valence-electron chi connectivity index (χ4n) is 2.98. The molecule has 0 radical (unpaired) electrons. The highest BCUT2D eigenvalue weighted by Crippen LogP contribution is 2.26. The molecular formula is C12H24N2O2S. The average Bonchev–Trinajstić information content (AvgIpc) is 2.30. The van der Waals surface area contributed by atoms with E-state index >= 15 is 0 Å². The lowest BCUT2D eigenvalue weighted by molar-refractivity contribution is 0.308. The molecule has 0 unspecified atom stereocenters. The number of piperidine rings is 1. The minimum Gasteiger partial charge on any atom is -0.327 e. The van der Waals surface area contributed by atoms with Crippen molar-refractivity contribution in [2.45, 2.75) is 51.0 Å². The van der Waals surface area contributed by atoms with Crippen LogP contribution >= 0.6 is 0 Å². The maximum absolute atomic E-state index is 12.3. The van der Waals surface area contributed by atoms with Gasteiger partial charge in [0.1, 0.15) is 0 Å². The second-order valence-electron chi connectivity index (χ2n) is 5.54. The van der Waals surface area contributed by atoms with Crippen molar-refractivity contribution in [3.05, 3.63) is 0 Å². The van der Waals surface area contributed by atoms with Crippen molar-refractivity contribution >= 4 is 10.0 Å². The van der Waals surface area contributed by atoms with Crippen molar-refractivity contribution in [3.63, 3.8) is 0 Å². The van der Waals surface area contributed by atoms with Crippen molar-refractivity contribution in [3.8, 4) is 0 Å². The van der Waals surface area contributed by atoms with Crippen molar-refractivity contribution in [1.29, 1.82) is 0 Å². The van der Waals surface area contributed by atoms with Gasteiger partial charge in [-0.3, -0.25) is 0 Å². The van der Waals surface area contributed by atoms with Crippen molar-refractivity contribution in [2.24, 2.45) is 11.7 Å². The predicted octanol–water partition coefficient (Wildman–Crippen LogP) is 1.32. The molecule has 2 rings (SSSR count). The highest BCUT2D eigenvalue weighted by Gasteiger charge is 2.30. The molecule has 0 spiro atoms. The molecule has 1 heterocycles. The summed E-state index contributed by atoms with van der Waals surface area (Å²) in [5, 5.41) is 0. The number of sulfonamides is 1. The Bertz CT molecular complexity index is 336. The summed E-state index contributed by atoms with van der Waals surface area (Å²) in [6.07, 6.45) is 7.68. The van der Waals surface area contributed by atoms with E-state index in [0.29, 0.717) is 24.8 Å². The number of hydrogen-bond donors (Lipinski definition) is 1. The molecule has 0 amide bonds. The van der Waals surface area contributed by atoms with E-state index in [1.165, 1.54) is 19.3 Å². The van der Waals surface area contributed by atoms with Gasteiger partial charge >= 0.3 is 0 Å². The van der Waals surface area contributed by atoms with E-state index in [1.54, 1.807) is 4.31 Å². The number of nitrogens with two attached hydrogens (primary N) is 1. The smallest absolute Gasteiger partial charge is 0.214 e. The SMILES string of the molecule is N[C@@H]1CCCN(S(=O)(=O)CC2CCCCC2)C1. The lowest BCUT2D eigenvalue weighted by Crippen LogP contribution is -2.47. The Kier molecular flexibility index (Phi) is 4.44. The first-order chi connectivity index (χ1) is 8.08. The molecule has 0 aromatic carbocycles. The monoisotopic (exact) mass is 260 g/mol. The van der Waals surface area contributed by atoms with Crippen LogP contribution in [0.15, 0.2) is 0 Å². The second-order valence-corrected chi connectivity index (χ2v) is 7.56. The molecule has 100 valence electrons. The van der Waals surface area contributed by atoms with Gasteiger partial charge in [-0.15, -0.1) is 0 Å².